The smallest absolute Gasteiger partial charge is 0.294 e. The highest BCUT2D eigenvalue weighted by atomic mass is 32.2. The first kappa shape index (κ1) is 24.1. The van der Waals surface area contributed by atoms with Crippen molar-refractivity contribution < 1.29 is 32.3 Å². The molecule has 3 aromatic carbocycles. The maximum atomic E-state index is 13.9. The number of rotatable bonds is 7. The number of imide groups is 1. The molecule has 0 bridgehead atoms. The van der Waals surface area contributed by atoms with Crippen molar-refractivity contribution in [2.24, 2.45) is 0 Å². The minimum Gasteiger partial charge on any atom is -0.488 e. The normalized spacial score (nSPS) is 14.5. The Bertz CT molecular complexity index is 1350. The number of ether oxygens (including phenoxy) is 1. The largest absolute Gasteiger partial charge is 0.488 e. The Hall–Kier alpha value is -4.05. The molecule has 0 aromatic heterocycles. The zero-order valence-electron chi connectivity index (χ0n) is 18.0. The molecule has 1 N–H and O–H groups in total. The van der Waals surface area contributed by atoms with Crippen molar-refractivity contribution in [1.29, 1.82) is 0 Å². The predicted molar refractivity (Wildman–Crippen MR) is 125 cm³/mol. The molecule has 1 saturated heterocycles. The van der Waals surface area contributed by atoms with E-state index in [4.69, 9.17) is 4.74 Å². The van der Waals surface area contributed by atoms with Crippen LogP contribution in [0.3, 0.4) is 0 Å². The molecule has 1 fully saturated rings. The maximum Gasteiger partial charge on any atom is 0.294 e. The first-order chi connectivity index (χ1) is 16.8. The fourth-order valence-electron chi connectivity index (χ4n) is 3.20. The lowest BCUT2D eigenvalue weighted by Gasteiger charge is -2.13. The lowest BCUT2D eigenvalue weighted by molar-refractivity contribution is -0.127. The van der Waals surface area contributed by atoms with Crippen LogP contribution in [0.2, 0.25) is 0 Å². The summed E-state index contributed by atoms with van der Waals surface area (Å²) in [5.41, 5.74) is 0.554. The van der Waals surface area contributed by atoms with Crippen molar-refractivity contribution in [3.05, 3.63) is 100 Å². The van der Waals surface area contributed by atoms with E-state index in [1.807, 2.05) is 0 Å². The van der Waals surface area contributed by atoms with Crippen LogP contribution < -0.4 is 10.1 Å². The summed E-state index contributed by atoms with van der Waals surface area (Å²) in [5.74, 6) is -3.38. The van der Waals surface area contributed by atoms with Crippen LogP contribution in [0.5, 0.6) is 5.75 Å². The molecule has 10 heteroatoms. The average Bonchev–Trinajstić information content (AvgIpc) is 3.08. The summed E-state index contributed by atoms with van der Waals surface area (Å²) in [6, 6.07) is 15.5. The molecule has 0 atom stereocenters. The quantitative estimate of drug-likeness (QED) is 0.444. The third kappa shape index (κ3) is 5.72. The summed E-state index contributed by atoms with van der Waals surface area (Å²) in [6.45, 7) is -0.691. The minimum absolute atomic E-state index is 0.0425. The van der Waals surface area contributed by atoms with Crippen molar-refractivity contribution in [2.75, 3.05) is 11.9 Å². The SMILES string of the molecule is O=C(CN1C(=O)S/C(=C/c2ccccc2OCc2ccccc2F)C1=O)Nc1ccc(F)cc1F. The van der Waals surface area contributed by atoms with Crippen LogP contribution >= 0.6 is 11.8 Å². The molecule has 0 aliphatic carbocycles. The van der Waals surface area contributed by atoms with Crippen LogP contribution in [0, 0.1) is 17.5 Å². The third-order valence-corrected chi connectivity index (χ3v) is 5.83. The van der Waals surface area contributed by atoms with Gasteiger partial charge in [0.1, 0.15) is 36.4 Å². The molecule has 1 heterocycles. The highest BCUT2D eigenvalue weighted by Crippen LogP contribution is 2.34. The molecule has 1 aliphatic rings. The lowest BCUT2D eigenvalue weighted by atomic mass is 10.1. The molecule has 0 radical (unpaired) electrons. The number of hydrogen-bond acceptors (Lipinski definition) is 5. The van der Waals surface area contributed by atoms with Gasteiger partial charge in [-0.3, -0.25) is 19.3 Å². The number of para-hydroxylation sites is 1. The Balaban J connectivity index is 1.46. The van der Waals surface area contributed by atoms with Gasteiger partial charge in [0, 0.05) is 17.2 Å². The second-order valence-corrected chi connectivity index (χ2v) is 8.35. The van der Waals surface area contributed by atoms with Crippen LogP contribution in [0.4, 0.5) is 23.7 Å². The molecule has 178 valence electrons. The molecule has 0 saturated carbocycles. The molecule has 0 unspecified atom stereocenters. The molecule has 0 spiro atoms. The second-order valence-electron chi connectivity index (χ2n) is 7.36. The number of nitrogens with one attached hydrogen (secondary N) is 1. The number of anilines is 1. The fraction of sp³-hybridized carbons (Fsp3) is 0.0800. The van der Waals surface area contributed by atoms with Crippen LogP contribution in [0.1, 0.15) is 11.1 Å². The molecule has 35 heavy (non-hydrogen) atoms. The van der Waals surface area contributed by atoms with E-state index in [1.165, 1.54) is 12.1 Å². The summed E-state index contributed by atoms with van der Waals surface area (Å²) < 4.78 is 46.4. The predicted octanol–water partition coefficient (Wildman–Crippen LogP) is 5.36. The third-order valence-electron chi connectivity index (χ3n) is 4.93. The minimum atomic E-state index is -0.987. The highest BCUT2D eigenvalue weighted by molar-refractivity contribution is 8.18. The molecule has 1 aliphatic heterocycles. The van der Waals surface area contributed by atoms with E-state index in [0.717, 1.165) is 17.0 Å². The summed E-state index contributed by atoms with van der Waals surface area (Å²) >= 11 is 0.635. The van der Waals surface area contributed by atoms with E-state index in [0.29, 0.717) is 34.7 Å². The van der Waals surface area contributed by atoms with E-state index in [9.17, 15) is 27.6 Å². The van der Waals surface area contributed by atoms with Gasteiger partial charge in [0.15, 0.2) is 0 Å². The first-order valence-electron chi connectivity index (χ1n) is 10.3. The van der Waals surface area contributed by atoms with Gasteiger partial charge >= 0.3 is 0 Å². The fourth-order valence-corrected chi connectivity index (χ4v) is 4.03. The second kappa shape index (κ2) is 10.5. The van der Waals surface area contributed by atoms with E-state index in [-0.39, 0.29) is 17.2 Å². The summed E-state index contributed by atoms with van der Waals surface area (Å²) in [5, 5.41) is 1.53. The summed E-state index contributed by atoms with van der Waals surface area (Å²) in [7, 11) is 0. The van der Waals surface area contributed by atoms with Gasteiger partial charge in [0.25, 0.3) is 11.1 Å². The van der Waals surface area contributed by atoms with Gasteiger partial charge in [-0.1, -0.05) is 36.4 Å². The van der Waals surface area contributed by atoms with Gasteiger partial charge in [-0.05, 0) is 42.1 Å². The van der Waals surface area contributed by atoms with Crippen molar-refractivity contribution in [3.8, 4) is 5.75 Å². The van der Waals surface area contributed by atoms with E-state index >= 15 is 0 Å². The van der Waals surface area contributed by atoms with Crippen LogP contribution in [0.15, 0.2) is 71.6 Å². The van der Waals surface area contributed by atoms with Crippen molar-refractivity contribution >= 4 is 40.6 Å². The van der Waals surface area contributed by atoms with Crippen molar-refractivity contribution in [3.63, 3.8) is 0 Å². The van der Waals surface area contributed by atoms with E-state index in [2.05, 4.69) is 5.32 Å². The number of benzene rings is 3. The van der Waals surface area contributed by atoms with Crippen LogP contribution in [-0.2, 0) is 16.2 Å². The Morgan fingerprint density at radius 2 is 1.71 bits per heavy atom. The first-order valence-corrected chi connectivity index (χ1v) is 11.1. The Kier molecular flexibility index (Phi) is 7.21. The van der Waals surface area contributed by atoms with Gasteiger partial charge in [0.05, 0.1) is 10.6 Å². The van der Waals surface area contributed by atoms with Crippen molar-refractivity contribution in [2.45, 2.75) is 6.61 Å². The van der Waals surface area contributed by atoms with Crippen LogP contribution in [0.25, 0.3) is 6.08 Å². The molecule has 3 aromatic rings. The monoisotopic (exact) mass is 498 g/mol. The molecule has 6 nitrogen and oxygen atoms in total. The molecular weight excluding hydrogens is 481 g/mol. The number of halogens is 3. The standard InChI is InChI=1S/C25H17F3N2O4S/c26-17-9-10-20(19(28)12-17)29-23(31)13-30-24(32)22(35-25(30)33)11-15-5-2-4-8-21(15)34-14-16-6-1-3-7-18(16)27/h1-12H,13-14H2,(H,29,31)/b22-11+. The van der Waals surface area contributed by atoms with Gasteiger partial charge < -0.3 is 10.1 Å². The zero-order chi connectivity index (χ0) is 24.9. The number of thioether (sulfide) groups is 1. The number of nitrogens with zero attached hydrogens (tertiary/aromatic N) is 1. The number of carbonyl (C=O) groups is 3. The lowest BCUT2D eigenvalue weighted by Crippen LogP contribution is -2.36. The average molecular weight is 498 g/mol. The Morgan fingerprint density at radius 1 is 0.971 bits per heavy atom. The van der Waals surface area contributed by atoms with Gasteiger partial charge in [0.2, 0.25) is 5.91 Å². The van der Waals surface area contributed by atoms with Gasteiger partial charge in [-0.25, -0.2) is 13.2 Å². The Labute approximate surface area is 202 Å². The maximum absolute atomic E-state index is 13.9. The van der Waals surface area contributed by atoms with Gasteiger partial charge in [-0.15, -0.1) is 0 Å². The van der Waals surface area contributed by atoms with E-state index in [1.54, 1.807) is 42.5 Å². The highest BCUT2D eigenvalue weighted by Gasteiger charge is 2.36. The number of hydrogen-bond donors (Lipinski definition) is 1. The summed E-state index contributed by atoms with van der Waals surface area (Å²) in [4.78, 5) is 38.2. The molecule has 4 rings (SSSR count). The van der Waals surface area contributed by atoms with Gasteiger partial charge in [-0.2, -0.15) is 0 Å². The zero-order valence-corrected chi connectivity index (χ0v) is 18.8. The number of carbonyl (C=O) groups excluding carboxylic acids is 3. The number of amides is 3. The topological polar surface area (TPSA) is 75.7 Å². The molecule has 3 amide bonds. The van der Waals surface area contributed by atoms with Crippen molar-refractivity contribution in [1.82, 2.24) is 4.90 Å². The summed E-state index contributed by atoms with van der Waals surface area (Å²) in [6.07, 6.45) is 1.44. The van der Waals surface area contributed by atoms with Crippen LogP contribution in [-0.4, -0.2) is 28.5 Å². The molecular formula is C25H17F3N2O4S. The Morgan fingerprint density at radius 3 is 2.49 bits per heavy atom. The van der Waals surface area contributed by atoms with E-state index < -0.39 is 41.0 Å².